The summed E-state index contributed by atoms with van der Waals surface area (Å²) in [5, 5.41) is 9.51. The number of amides is 1. The molecule has 2 heterocycles. The van der Waals surface area contributed by atoms with Crippen LogP contribution in [0, 0.1) is 12.8 Å². The van der Waals surface area contributed by atoms with E-state index in [0.717, 1.165) is 18.7 Å². The molecule has 1 aliphatic carbocycles. The molecule has 1 saturated heterocycles. The molecule has 1 saturated carbocycles. The number of hydrogen-bond donors (Lipinski definition) is 3. The number of ether oxygens (including phenoxy) is 1. The number of nitrogens with two attached hydrogens (primary N) is 1. The topological polar surface area (TPSA) is 93.0 Å². The van der Waals surface area contributed by atoms with Gasteiger partial charge in [0.05, 0.1) is 23.9 Å². The smallest absolute Gasteiger partial charge is 0.255 e. The quantitative estimate of drug-likeness (QED) is 0.649. The van der Waals surface area contributed by atoms with Gasteiger partial charge < -0.3 is 15.8 Å². The Kier molecular flexibility index (Phi) is 2.41. The number of aromatic amines is 1. The van der Waals surface area contributed by atoms with E-state index < -0.39 is 0 Å². The van der Waals surface area contributed by atoms with Gasteiger partial charge in [-0.2, -0.15) is 5.10 Å². The molecule has 0 radical (unpaired) electrons. The summed E-state index contributed by atoms with van der Waals surface area (Å²) in [6.45, 7) is 2.57. The number of fused-ring (bicyclic) bond motifs is 1. The van der Waals surface area contributed by atoms with Crippen molar-refractivity contribution >= 4 is 5.91 Å². The van der Waals surface area contributed by atoms with Crippen molar-refractivity contribution in [1.29, 1.82) is 0 Å². The van der Waals surface area contributed by atoms with E-state index in [1.807, 2.05) is 6.92 Å². The SMILES string of the molecule is Cc1[nH]ncc1C(=O)NC1C(N)C2CCOC21. The molecule has 3 rings (SSSR count). The molecule has 17 heavy (non-hydrogen) atoms. The van der Waals surface area contributed by atoms with Crippen molar-refractivity contribution in [3.63, 3.8) is 0 Å². The zero-order valence-corrected chi connectivity index (χ0v) is 9.64. The Morgan fingerprint density at radius 1 is 1.71 bits per heavy atom. The molecule has 1 amide bonds. The molecule has 6 heteroatoms. The highest BCUT2D eigenvalue weighted by Crippen LogP contribution is 2.37. The minimum atomic E-state index is -0.134. The van der Waals surface area contributed by atoms with E-state index in [0.29, 0.717) is 11.5 Å². The predicted molar refractivity (Wildman–Crippen MR) is 60.4 cm³/mol. The van der Waals surface area contributed by atoms with Crippen LogP contribution in [-0.4, -0.2) is 40.9 Å². The van der Waals surface area contributed by atoms with Gasteiger partial charge in [-0.15, -0.1) is 0 Å². The first kappa shape index (κ1) is 10.7. The van der Waals surface area contributed by atoms with Gasteiger partial charge >= 0.3 is 0 Å². The van der Waals surface area contributed by atoms with Crippen LogP contribution >= 0.6 is 0 Å². The van der Waals surface area contributed by atoms with Gasteiger partial charge in [-0.05, 0) is 13.3 Å². The average molecular weight is 236 g/mol. The molecule has 1 aliphatic heterocycles. The van der Waals surface area contributed by atoms with E-state index in [1.54, 1.807) is 0 Å². The summed E-state index contributed by atoms with van der Waals surface area (Å²) in [4.78, 5) is 12.0. The lowest BCUT2D eigenvalue weighted by Crippen LogP contribution is -2.68. The standard InChI is InChI=1S/C11H16N4O2/c1-5-7(4-13-15-5)11(16)14-9-8(12)6-2-3-17-10(6)9/h4,6,8-10H,2-3,12H2,1H3,(H,13,15)(H,14,16). The number of aryl methyl sites for hydroxylation is 1. The monoisotopic (exact) mass is 236 g/mol. The first-order chi connectivity index (χ1) is 8.18. The van der Waals surface area contributed by atoms with E-state index in [4.69, 9.17) is 10.5 Å². The van der Waals surface area contributed by atoms with Crippen molar-refractivity contribution in [3.05, 3.63) is 17.5 Å². The Morgan fingerprint density at radius 3 is 3.24 bits per heavy atom. The zero-order valence-electron chi connectivity index (χ0n) is 9.64. The Morgan fingerprint density at radius 2 is 2.53 bits per heavy atom. The van der Waals surface area contributed by atoms with E-state index >= 15 is 0 Å². The lowest BCUT2D eigenvalue weighted by atomic mass is 9.72. The summed E-state index contributed by atoms with van der Waals surface area (Å²) >= 11 is 0. The van der Waals surface area contributed by atoms with E-state index in [9.17, 15) is 4.79 Å². The van der Waals surface area contributed by atoms with Crippen LogP contribution in [0.4, 0.5) is 0 Å². The third-order valence-corrected chi connectivity index (χ3v) is 3.82. The maximum absolute atomic E-state index is 12.0. The van der Waals surface area contributed by atoms with Gasteiger partial charge in [0, 0.05) is 24.3 Å². The van der Waals surface area contributed by atoms with Gasteiger partial charge in [0.15, 0.2) is 0 Å². The maximum atomic E-state index is 12.0. The fourth-order valence-corrected chi connectivity index (χ4v) is 2.74. The average Bonchev–Trinajstić information content (AvgIpc) is 2.91. The first-order valence-electron chi connectivity index (χ1n) is 5.86. The van der Waals surface area contributed by atoms with Crippen molar-refractivity contribution in [2.45, 2.75) is 31.5 Å². The molecule has 0 bridgehead atoms. The Bertz CT molecular complexity index is 444. The Labute approximate surface area is 98.9 Å². The maximum Gasteiger partial charge on any atom is 0.255 e. The largest absolute Gasteiger partial charge is 0.376 e. The summed E-state index contributed by atoms with van der Waals surface area (Å²) in [5.41, 5.74) is 7.36. The molecule has 2 aliphatic rings. The van der Waals surface area contributed by atoms with E-state index in [1.165, 1.54) is 6.20 Å². The number of nitrogens with zero attached hydrogens (tertiary/aromatic N) is 1. The van der Waals surface area contributed by atoms with Crippen LogP contribution in [0.2, 0.25) is 0 Å². The third kappa shape index (κ3) is 1.56. The lowest BCUT2D eigenvalue weighted by Gasteiger charge is -2.45. The van der Waals surface area contributed by atoms with Crippen molar-refractivity contribution in [2.24, 2.45) is 11.7 Å². The minimum Gasteiger partial charge on any atom is -0.376 e. The summed E-state index contributed by atoms with van der Waals surface area (Å²) in [5.74, 6) is 0.274. The van der Waals surface area contributed by atoms with Crippen molar-refractivity contribution in [1.82, 2.24) is 15.5 Å². The fraction of sp³-hybridized carbons (Fsp3) is 0.636. The molecule has 1 aromatic rings. The predicted octanol–water partition coefficient (Wildman–Crippen LogP) is -0.437. The highest BCUT2D eigenvalue weighted by molar-refractivity contribution is 5.95. The second-order valence-corrected chi connectivity index (χ2v) is 4.77. The van der Waals surface area contributed by atoms with Crippen LogP contribution in [0.3, 0.4) is 0 Å². The van der Waals surface area contributed by atoms with Crippen molar-refractivity contribution in [3.8, 4) is 0 Å². The molecule has 4 atom stereocenters. The highest BCUT2D eigenvalue weighted by atomic mass is 16.5. The zero-order chi connectivity index (χ0) is 12.0. The molecule has 1 aromatic heterocycles. The summed E-state index contributed by atoms with van der Waals surface area (Å²) < 4.78 is 5.57. The van der Waals surface area contributed by atoms with Crippen LogP contribution < -0.4 is 11.1 Å². The van der Waals surface area contributed by atoms with Crippen LogP contribution in [0.1, 0.15) is 22.5 Å². The highest BCUT2D eigenvalue weighted by Gasteiger charge is 2.52. The Hall–Kier alpha value is -1.40. The molecule has 4 unspecified atom stereocenters. The Balaban J connectivity index is 1.68. The number of nitrogens with one attached hydrogen (secondary N) is 2. The number of carbonyl (C=O) groups excluding carboxylic acids is 1. The van der Waals surface area contributed by atoms with E-state index in [-0.39, 0.29) is 24.1 Å². The second kappa shape index (κ2) is 3.82. The van der Waals surface area contributed by atoms with Gasteiger partial charge in [0.1, 0.15) is 0 Å². The summed E-state index contributed by atoms with van der Waals surface area (Å²) in [6, 6.07) is -0.0528. The number of rotatable bonds is 2. The van der Waals surface area contributed by atoms with Gasteiger partial charge in [0.25, 0.3) is 5.91 Å². The van der Waals surface area contributed by atoms with Gasteiger partial charge in [-0.3, -0.25) is 9.89 Å². The lowest BCUT2D eigenvalue weighted by molar-refractivity contribution is -0.0161. The van der Waals surface area contributed by atoms with Crippen molar-refractivity contribution in [2.75, 3.05) is 6.61 Å². The van der Waals surface area contributed by atoms with Crippen LogP contribution in [0.25, 0.3) is 0 Å². The molecule has 0 spiro atoms. The molecular formula is C11H16N4O2. The normalized spacial score (nSPS) is 35.2. The molecule has 6 nitrogen and oxygen atoms in total. The molecule has 0 aromatic carbocycles. The van der Waals surface area contributed by atoms with Gasteiger partial charge in [-0.25, -0.2) is 0 Å². The molecular weight excluding hydrogens is 220 g/mol. The minimum absolute atomic E-state index is 0.0126. The third-order valence-electron chi connectivity index (χ3n) is 3.82. The van der Waals surface area contributed by atoms with Gasteiger partial charge in [-0.1, -0.05) is 0 Å². The van der Waals surface area contributed by atoms with Crippen molar-refractivity contribution < 1.29 is 9.53 Å². The molecule has 92 valence electrons. The van der Waals surface area contributed by atoms with Gasteiger partial charge in [0.2, 0.25) is 0 Å². The fourth-order valence-electron chi connectivity index (χ4n) is 2.74. The van der Waals surface area contributed by atoms with Crippen LogP contribution in [0.5, 0.6) is 0 Å². The summed E-state index contributed by atoms with van der Waals surface area (Å²) in [7, 11) is 0. The number of hydrogen-bond acceptors (Lipinski definition) is 4. The molecule has 2 fully saturated rings. The second-order valence-electron chi connectivity index (χ2n) is 4.77. The molecule has 4 N–H and O–H groups in total. The van der Waals surface area contributed by atoms with E-state index in [2.05, 4.69) is 15.5 Å². The summed E-state index contributed by atoms with van der Waals surface area (Å²) in [6.07, 6.45) is 2.63. The van der Waals surface area contributed by atoms with Crippen LogP contribution in [0.15, 0.2) is 6.20 Å². The number of H-pyrrole nitrogens is 1. The number of carbonyl (C=O) groups is 1. The number of aromatic nitrogens is 2. The van der Waals surface area contributed by atoms with Crippen LogP contribution in [-0.2, 0) is 4.74 Å². The first-order valence-corrected chi connectivity index (χ1v) is 5.86.